The van der Waals surface area contributed by atoms with Crippen LogP contribution in [0.4, 0.5) is 5.69 Å². The molecule has 0 bridgehead atoms. The number of halogens is 1. The predicted molar refractivity (Wildman–Crippen MR) is 201 cm³/mol. The van der Waals surface area contributed by atoms with Crippen LogP contribution < -0.4 is 18.9 Å². The number of hydrogen-bond donors (Lipinski definition) is 0. The molecule has 0 radical (unpaired) electrons. The van der Waals surface area contributed by atoms with Gasteiger partial charge in [0.25, 0.3) is 0 Å². The summed E-state index contributed by atoms with van der Waals surface area (Å²) in [5.41, 5.74) is 7.05. The minimum Gasteiger partial charge on any atom is -0.508 e. The number of thiophene rings is 2. The summed E-state index contributed by atoms with van der Waals surface area (Å²) in [6.07, 6.45) is 0. The Morgan fingerprint density at radius 2 is 1.30 bits per heavy atom. The van der Waals surface area contributed by atoms with Gasteiger partial charge in [-0.2, -0.15) is 32.9 Å². The highest BCUT2D eigenvalue weighted by Crippen LogP contribution is 2.47. The van der Waals surface area contributed by atoms with Crippen molar-refractivity contribution in [2.24, 2.45) is 0 Å². The third-order valence-electron chi connectivity index (χ3n) is 8.32. The van der Waals surface area contributed by atoms with Gasteiger partial charge in [-0.05, 0) is 64.8 Å². The van der Waals surface area contributed by atoms with Crippen molar-refractivity contribution in [3.8, 4) is 56.9 Å². The van der Waals surface area contributed by atoms with Crippen molar-refractivity contribution < 1.29 is 38.0 Å². The molecule has 4 aromatic heterocycles. The van der Waals surface area contributed by atoms with Gasteiger partial charge >= 0.3 is 11.9 Å². The van der Waals surface area contributed by atoms with E-state index in [2.05, 4.69) is 31.0 Å². The maximum atomic E-state index is 12.4. The second-order valence-electron chi connectivity index (χ2n) is 11.3. The number of fused-ring (bicyclic) bond motifs is 6. The molecule has 0 N–H and O–H groups in total. The number of carbonyl (C=O) groups excluding carboxylic acids is 2. The van der Waals surface area contributed by atoms with Gasteiger partial charge in [0.05, 0.1) is 72.4 Å². The number of rotatable bonds is 8. The highest BCUT2D eigenvalue weighted by Gasteiger charge is 2.33. The molecule has 2 aliphatic heterocycles. The van der Waals surface area contributed by atoms with E-state index < -0.39 is 11.9 Å². The van der Waals surface area contributed by atoms with Crippen LogP contribution in [-0.4, -0.2) is 58.9 Å². The summed E-state index contributed by atoms with van der Waals surface area (Å²) in [5, 5.41) is 16.9. The molecule has 0 saturated carbocycles. The minimum absolute atomic E-state index is 0.182. The van der Waals surface area contributed by atoms with Gasteiger partial charge in [0.15, 0.2) is 11.4 Å². The zero-order valence-electron chi connectivity index (χ0n) is 28.8. The summed E-state index contributed by atoms with van der Waals surface area (Å²) in [6.45, 7) is 11.9. The average Bonchev–Trinajstić information content (AvgIpc) is 4.00. The van der Waals surface area contributed by atoms with Crippen molar-refractivity contribution >= 4 is 56.2 Å². The lowest BCUT2D eigenvalue weighted by atomic mass is 10.0. The molecule has 2 aliphatic rings. The quantitative estimate of drug-likeness (QED) is 0.109. The molecule has 2 aromatic carbocycles. The highest BCUT2D eigenvalue weighted by molar-refractivity contribution is 9.10. The lowest BCUT2D eigenvalue weighted by molar-refractivity contribution is 0.0506. The highest BCUT2D eigenvalue weighted by atomic mass is 79.9. The normalized spacial score (nSPS) is 11.9. The molecule has 270 valence electrons. The number of esters is 2. The molecular formula is C37H30BrN5O8S2. The molecule has 0 atom stereocenters. The average molecular weight is 817 g/mol. The van der Waals surface area contributed by atoms with Gasteiger partial charge in [-0.15, -0.1) is 0 Å². The molecule has 13 nitrogen and oxygen atoms in total. The standard InChI is InChI=1S/C19H15N3O4S.C18H15BrN2O4S/c1-4-25-19(23)17-13-9-26-15-8-16(24-3)14(20-2)7-12(15)18(13)22(21-17)11-5-6-27-10-11;1-3-24-18(22)16-12-8-25-14-7-15(23-2)13(19)6-11(14)17(12)21(20-16)10-4-5-26-9-10/h5-8,10H,4,9H2,1,3H3;4-7,9H,3,8H2,1-2H3. The molecule has 0 spiro atoms. The topological polar surface area (TPSA) is 130 Å². The van der Waals surface area contributed by atoms with E-state index in [-0.39, 0.29) is 31.2 Å². The number of nitrogens with zero attached hydrogens (tertiary/aromatic N) is 5. The number of carbonyl (C=O) groups is 2. The number of hydrogen-bond acceptors (Lipinski definition) is 12. The van der Waals surface area contributed by atoms with Crippen LogP contribution in [0.5, 0.6) is 23.0 Å². The van der Waals surface area contributed by atoms with E-state index in [9.17, 15) is 9.59 Å². The van der Waals surface area contributed by atoms with Gasteiger partial charge in [-0.1, -0.05) is 0 Å². The largest absolute Gasteiger partial charge is 0.508 e. The zero-order chi connectivity index (χ0) is 37.2. The Morgan fingerprint density at radius 3 is 1.74 bits per heavy atom. The van der Waals surface area contributed by atoms with Crippen molar-refractivity contribution in [2.45, 2.75) is 27.1 Å². The van der Waals surface area contributed by atoms with Crippen LogP contribution in [0.15, 0.2) is 62.4 Å². The van der Waals surface area contributed by atoms with Crippen molar-refractivity contribution in [3.05, 3.63) is 96.3 Å². The van der Waals surface area contributed by atoms with Crippen LogP contribution in [0, 0.1) is 6.57 Å². The molecule has 0 saturated heterocycles. The first-order chi connectivity index (χ1) is 25.8. The molecule has 0 unspecified atom stereocenters. The molecule has 16 heteroatoms. The summed E-state index contributed by atoms with van der Waals surface area (Å²) >= 11 is 6.62. The third kappa shape index (κ3) is 6.52. The molecule has 6 heterocycles. The molecule has 0 fully saturated rings. The van der Waals surface area contributed by atoms with Crippen molar-refractivity contribution in [2.75, 3.05) is 27.4 Å². The minimum atomic E-state index is -0.492. The summed E-state index contributed by atoms with van der Waals surface area (Å²) < 4.78 is 37.0. The first-order valence-corrected chi connectivity index (χ1v) is 18.9. The monoisotopic (exact) mass is 815 g/mol. The summed E-state index contributed by atoms with van der Waals surface area (Å²) in [4.78, 5) is 28.4. The Morgan fingerprint density at radius 1 is 0.811 bits per heavy atom. The van der Waals surface area contributed by atoms with Gasteiger partial charge < -0.3 is 28.4 Å². The van der Waals surface area contributed by atoms with Crippen LogP contribution in [0.1, 0.15) is 46.0 Å². The molecular weight excluding hydrogens is 786 g/mol. The summed E-state index contributed by atoms with van der Waals surface area (Å²) in [7, 11) is 3.12. The van der Waals surface area contributed by atoms with E-state index in [1.54, 1.807) is 53.8 Å². The number of ether oxygens (including phenoxy) is 6. The van der Waals surface area contributed by atoms with Crippen LogP contribution >= 0.6 is 38.6 Å². The molecule has 8 rings (SSSR count). The fourth-order valence-electron chi connectivity index (χ4n) is 5.98. The maximum absolute atomic E-state index is 12.4. The number of aromatic nitrogens is 4. The van der Waals surface area contributed by atoms with Gasteiger partial charge in [-0.3, -0.25) is 0 Å². The lowest BCUT2D eigenvalue weighted by Crippen LogP contribution is -2.12. The van der Waals surface area contributed by atoms with Crippen molar-refractivity contribution in [3.63, 3.8) is 0 Å². The van der Waals surface area contributed by atoms with Crippen molar-refractivity contribution in [1.29, 1.82) is 0 Å². The van der Waals surface area contributed by atoms with E-state index in [1.807, 2.05) is 45.8 Å². The summed E-state index contributed by atoms with van der Waals surface area (Å²) in [6, 6.07) is 11.0. The maximum Gasteiger partial charge on any atom is 0.359 e. The first-order valence-electron chi connectivity index (χ1n) is 16.2. The van der Waals surface area contributed by atoms with E-state index in [4.69, 9.17) is 35.0 Å². The number of methoxy groups -OCH3 is 2. The van der Waals surface area contributed by atoms with Crippen LogP contribution in [-0.2, 0) is 22.7 Å². The SMILES string of the molecule is CCOC(=O)c1nn(-c2ccsc2)c2c1COc1cc(OC)c(Br)cc1-2.[C-]#[N+]c1cc2c(cc1OC)OCc1c(C(=O)OCC)nn(-c3ccsc3)c1-2. The Kier molecular flexibility index (Phi) is 10.2. The molecule has 6 aromatic rings. The van der Waals surface area contributed by atoms with Crippen LogP contribution in [0.3, 0.4) is 0 Å². The van der Waals surface area contributed by atoms with E-state index in [1.165, 1.54) is 18.4 Å². The molecule has 0 aliphatic carbocycles. The van der Waals surface area contributed by atoms with Gasteiger partial charge in [0.1, 0.15) is 36.2 Å². The Hall–Kier alpha value is -5.63. The first kappa shape index (κ1) is 35.8. The van der Waals surface area contributed by atoms with Gasteiger partial charge in [-0.25, -0.2) is 23.8 Å². The number of benzene rings is 2. The Bertz CT molecular complexity index is 2380. The summed E-state index contributed by atoms with van der Waals surface area (Å²) in [5.74, 6) is 1.45. The smallest absolute Gasteiger partial charge is 0.359 e. The van der Waals surface area contributed by atoms with E-state index in [0.29, 0.717) is 46.4 Å². The van der Waals surface area contributed by atoms with Crippen LogP contribution in [0.25, 0.3) is 38.7 Å². The van der Waals surface area contributed by atoms with Gasteiger partial charge in [0, 0.05) is 34.0 Å². The fraction of sp³-hybridized carbons (Fsp3) is 0.216. The molecule has 0 amide bonds. The van der Waals surface area contributed by atoms with E-state index in [0.717, 1.165) is 38.4 Å². The Labute approximate surface area is 320 Å². The fourth-order valence-corrected chi connectivity index (χ4v) is 7.72. The van der Waals surface area contributed by atoms with Gasteiger partial charge in [0.2, 0.25) is 5.69 Å². The van der Waals surface area contributed by atoms with E-state index >= 15 is 0 Å². The van der Waals surface area contributed by atoms with Crippen molar-refractivity contribution in [1.82, 2.24) is 19.6 Å². The molecule has 53 heavy (non-hydrogen) atoms. The van der Waals surface area contributed by atoms with Crippen LogP contribution in [0.2, 0.25) is 0 Å². The Balaban J connectivity index is 0.000000164. The second kappa shape index (κ2) is 15.2. The predicted octanol–water partition coefficient (Wildman–Crippen LogP) is 8.67. The second-order valence-corrected chi connectivity index (χ2v) is 13.7. The lowest BCUT2D eigenvalue weighted by Gasteiger charge is -2.21. The zero-order valence-corrected chi connectivity index (χ0v) is 32.0. The third-order valence-corrected chi connectivity index (χ3v) is 10.3.